The zero-order chi connectivity index (χ0) is 18.7. The molecule has 2 aromatic rings. The molecule has 2 heterocycles. The number of rotatable bonds is 6. The zero-order valence-electron chi connectivity index (χ0n) is 14.1. The average molecular weight is 364 g/mol. The number of halogens is 2. The molecule has 0 aliphatic heterocycles. The normalized spacial score (nSPS) is 15.4. The van der Waals surface area contributed by atoms with Gasteiger partial charge in [-0.25, -0.2) is 9.67 Å². The third kappa shape index (κ3) is 4.22. The number of nitrogens with one attached hydrogen (secondary N) is 1. The van der Waals surface area contributed by atoms with E-state index in [0.717, 1.165) is 23.9 Å². The van der Waals surface area contributed by atoms with Crippen LogP contribution in [0, 0.1) is 0 Å². The molecule has 2 aromatic heterocycles. The number of pyridine rings is 1. The maximum atomic E-state index is 12.2. The Hall–Kier alpha value is -2.84. The van der Waals surface area contributed by atoms with E-state index >= 15 is 0 Å². The highest BCUT2D eigenvalue weighted by molar-refractivity contribution is 5.76. The molecule has 1 aliphatic rings. The summed E-state index contributed by atoms with van der Waals surface area (Å²) < 4.78 is 29.6. The second-order valence-corrected chi connectivity index (χ2v) is 6.44. The van der Waals surface area contributed by atoms with E-state index in [1.807, 2.05) is 6.92 Å². The summed E-state index contributed by atoms with van der Waals surface area (Å²) in [5, 5.41) is 7.08. The summed E-state index contributed by atoms with van der Waals surface area (Å²) in [6, 6.07) is 5.55. The van der Waals surface area contributed by atoms with Gasteiger partial charge in [-0.05, 0) is 38.3 Å². The standard InChI is InChI=1S/C17H18F2N4O3/c1-17(7-2-8-17)21-13(24)10-23-15(25)6-4-12(22-23)11-3-5-14(20-9-11)26-16(18)19/h3-6,9,16H,2,7-8,10H2,1H3,(H,21,24). The van der Waals surface area contributed by atoms with E-state index in [9.17, 15) is 18.4 Å². The molecule has 1 saturated carbocycles. The van der Waals surface area contributed by atoms with Crippen molar-refractivity contribution in [2.45, 2.75) is 44.9 Å². The Labute approximate surface area is 148 Å². The molecule has 9 heteroatoms. The van der Waals surface area contributed by atoms with Gasteiger partial charge in [0.25, 0.3) is 5.56 Å². The molecule has 1 aliphatic carbocycles. The minimum Gasteiger partial charge on any atom is -0.417 e. The first kappa shape index (κ1) is 18.0. The molecule has 3 rings (SSSR count). The molecule has 7 nitrogen and oxygen atoms in total. The number of hydrogen-bond acceptors (Lipinski definition) is 5. The Balaban J connectivity index is 1.74. The van der Waals surface area contributed by atoms with E-state index in [2.05, 4.69) is 20.1 Å². The summed E-state index contributed by atoms with van der Waals surface area (Å²) in [6.45, 7) is -1.18. The van der Waals surface area contributed by atoms with Gasteiger partial charge in [0, 0.05) is 29.4 Å². The number of carbonyl (C=O) groups excluding carboxylic acids is 1. The fraction of sp³-hybridized carbons (Fsp3) is 0.412. The average Bonchev–Trinajstić information content (AvgIpc) is 2.55. The summed E-state index contributed by atoms with van der Waals surface area (Å²) >= 11 is 0. The van der Waals surface area contributed by atoms with E-state index in [4.69, 9.17) is 0 Å². The second-order valence-electron chi connectivity index (χ2n) is 6.44. The molecule has 0 unspecified atom stereocenters. The van der Waals surface area contributed by atoms with Crippen molar-refractivity contribution in [3.05, 3.63) is 40.8 Å². The Bertz CT molecular complexity index is 848. The topological polar surface area (TPSA) is 86.1 Å². The van der Waals surface area contributed by atoms with Crippen LogP contribution in [-0.4, -0.2) is 32.8 Å². The highest BCUT2D eigenvalue weighted by Crippen LogP contribution is 2.30. The van der Waals surface area contributed by atoms with E-state index in [1.54, 1.807) is 0 Å². The summed E-state index contributed by atoms with van der Waals surface area (Å²) in [4.78, 5) is 27.9. The van der Waals surface area contributed by atoms with E-state index in [-0.39, 0.29) is 23.9 Å². The highest BCUT2D eigenvalue weighted by atomic mass is 19.3. The molecule has 0 spiro atoms. The van der Waals surface area contributed by atoms with Crippen molar-refractivity contribution in [3.63, 3.8) is 0 Å². The number of carbonyl (C=O) groups is 1. The van der Waals surface area contributed by atoms with Gasteiger partial charge in [0.2, 0.25) is 11.8 Å². The maximum absolute atomic E-state index is 12.2. The van der Waals surface area contributed by atoms with Crippen molar-refractivity contribution in [3.8, 4) is 17.1 Å². The number of amides is 1. The Morgan fingerprint density at radius 1 is 1.35 bits per heavy atom. The van der Waals surface area contributed by atoms with Crippen LogP contribution in [0.5, 0.6) is 5.88 Å². The first-order chi connectivity index (χ1) is 12.3. The Kier molecular flexibility index (Phi) is 4.97. The van der Waals surface area contributed by atoms with Crippen molar-refractivity contribution < 1.29 is 18.3 Å². The summed E-state index contributed by atoms with van der Waals surface area (Å²) in [5.74, 6) is -0.497. The SMILES string of the molecule is CC1(NC(=O)Cn2nc(-c3ccc(OC(F)F)nc3)ccc2=O)CCC1. The highest BCUT2D eigenvalue weighted by Gasteiger charge is 2.33. The molecule has 0 aromatic carbocycles. The van der Waals surface area contributed by atoms with Gasteiger partial charge < -0.3 is 10.1 Å². The lowest BCUT2D eigenvalue weighted by Gasteiger charge is -2.39. The zero-order valence-corrected chi connectivity index (χ0v) is 14.1. The van der Waals surface area contributed by atoms with Gasteiger partial charge in [0.15, 0.2) is 0 Å². The molecule has 0 saturated heterocycles. The van der Waals surface area contributed by atoms with Crippen molar-refractivity contribution in [2.75, 3.05) is 0 Å². The lowest BCUT2D eigenvalue weighted by molar-refractivity contribution is -0.124. The lowest BCUT2D eigenvalue weighted by atomic mass is 9.78. The molecule has 26 heavy (non-hydrogen) atoms. The van der Waals surface area contributed by atoms with Crippen molar-refractivity contribution >= 4 is 5.91 Å². The summed E-state index contributed by atoms with van der Waals surface area (Å²) in [6.07, 6.45) is 4.21. The molecule has 1 fully saturated rings. The fourth-order valence-electron chi connectivity index (χ4n) is 2.75. The molecule has 0 atom stereocenters. The van der Waals surface area contributed by atoms with Crippen molar-refractivity contribution in [1.29, 1.82) is 0 Å². The van der Waals surface area contributed by atoms with E-state index < -0.39 is 12.2 Å². The molecular weight excluding hydrogens is 346 g/mol. The predicted octanol–water partition coefficient (Wildman–Crippen LogP) is 1.97. The smallest absolute Gasteiger partial charge is 0.388 e. The number of ether oxygens (including phenoxy) is 1. The van der Waals surface area contributed by atoms with Gasteiger partial charge in [-0.1, -0.05) is 0 Å². The number of hydrogen-bond donors (Lipinski definition) is 1. The Morgan fingerprint density at radius 2 is 2.12 bits per heavy atom. The van der Waals surface area contributed by atoms with Gasteiger partial charge >= 0.3 is 6.61 Å². The van der Waals surface area contributed by atoms with Gasteiger partial charge in [-0.2, -0.15) is 13.9 Å². The number of nitrogens with zero attached hydrogens (tertiary/aromatic N) is 3. The lowest BCUT2D eigenvalue weighted by Crippen LogP contribution is -2.52. The first-order valence-electron chi connectivity index (χ1n) is 8.15. The molecule has 1 N–H and O–H groups in total. The summed E-state index contributed by atoms with van der Waals surface area (Å²) in [5.41, 5.74) is 0.284. The van der Waals surface area contributed by atoms with Gasteiger partial charge in [0.1, 0.15) is 6.54 Å². The quantitative estimate of drug-likeness (QED) is 0.847. The third-order valence-electron chi connectivity index (χ3n) is 4.30. The molecule has 0 radical (unpaired) electrons. The molecular formula is C17H18F2N4O3. The first-order valence-corrected chi connectivity index (χ1v) is 8.15. The summed E-state index contributed by atoms with van der Waals surface area (Å²) in [7, 11) is 0. The number of alkyl halides is 2. The predicted molar refractivity (Wildman–Crippen MR) is 88.8 cm³/mol. The fourth-order valence-corrected chi connectivity index (χ4v) is 2.75. The van der Waals surface area contributed by atoms with Crippen LogP contribution >= 0.6 is 0 Å². The Morgan fingerprint density at radius 3 is 2.69 bits per heavy atom. The van der Waals surface area contributed by atoms with Crippen molar-refractivity contribution in [1.82, 2.24) is 20.1 Å². The van der Waals surface area contributed by atoms with Crippen LogP contribution in [0.4, 0.5) is 8.78 Å². The van der Waals surface area contributed by atoms with Crippen LogP contribution in [0.15, 0.2) is 35.3 Å². The van der Waals surface area contributed by atoms with Gasteiger partial charge in [0.05, 0.1) is 5.69 Å². The van der Waals surface area contributed by atoms with Crippen LogP contribution < -0.4 is 15.6 Å². The second kappa shape index (κ2) is 7.19. The van der Waals surface area contributed by atoms with Gasteiger partial charge in [-0.15, -0.1) is 0 Å². The van der Waals surface area contributed by atoms with Crippen LogP contribution in [0.2, 0.25) is 0 Å². The van der Waals surface area contributed by atoms with E-state index in [1.165, 1.54) is 30.5 Å². The van der Waals surface area contributed by atoms with Crippen LogP contribution in [0.1, 0.15) is 26.2 Å². The van der Waals surface area contributed by atoms with Crippen molar-refractivity contribution in [2.24, 2.45) is 0 Å². The number of aromatic nitrogens is 3. The van der Waals surface area contributed by atoms with E-state index in [0.29, 0.717) is 11.3 Å². The maximum Gasteiger partial charge on any atom is 0.388 e. The largest absolute Gasteiger partial charge is 0.417 e. The molecule has 0 bridgehead atoms. The minimum absolute atomic E-state index is 0.192. The molecule has 138 valence electrons. The van der Waals surface area contributed by atoms with Gasteiger partial charge in [-0.3, -0.25) is 9.59 Å². The molecule has 1 amide bonds. The van der Waals surface area contributed by atoms with Crippen LogP contribution in [0.3, 0.4) is 0 Å². The van der Waals surface area contributed by atoms with Crippen LogP contribution in [-0.2, 0) is 11.3 Å². The van der Waals surface area contributed by atoms with Crippen LogP contribution in [0.25, 0.3) is 11.3 Å². The monoisotopic (exact) mass is 364 g/mol. The third-order valence-corrected chi connectivity index (χ3v) is 4.30. The minimum atomic E-state index is -2.95.